The molecule has 7 heteroatoms. The van der Waals surface area contributed by atoms with Gasteiger partial charge in [-0.15, -0.1) is 0 Å². The van der Waals surface area contributed by atoms with Crippen molar-refractivity contribution in [3.05, 3.63) is 65.2 Å². The fourth-order valence-corrected chi connectivity index (χ4v) is 5.39. The summed E-state index contributed by atoms with van der Waals surface area (Å²) in [4.78, 5) is 13.3. The van der Waals surface area contributed by atoms with Gasteiger partial charge in [-0.3, -0.25) is 0 Å². The van der Waals surface area contributed by atoms with Crippen molar-refractivity contribution in [2.45, 2.75) is 62.7 Å². The zero-order chi connectivity index (χ0) is 24.0. The van der Waals surface area contributed by atoms with Crippen LogP contribution in [-0.2, 0) is 6.61 Å². The minimum Gasteiger partial charge on any atom is -0.488 e. The van der Waals surface area contributed by atoms with E-state index in [9.17, 15) is 20.3 Å². The van der Waals surface area contributed by atoms with Crippen LogP contribution in [0.5, 0.6) is 5.75 Å². The van der Waals surface area contributed by atoms with Crippen molar-refractivity contribution in [1.82, 2.24) is 10.2 Å². The molecule has 3 N–H and O–H groups in total. The number of nitriles is 1. The molecule has 2 fully saturated rings. The summed E-state index contributed by atoms with van der Waals surface area (Å²) in [6.07, 6.45) is 3.92. The topological polar surface area (TPSA) is 106 Å². The number of hydrogen-bond donors (Lipinski definition) is 3. The average molecular weight is 464 g/mol. The van der Waals surface area contributed by atoms with E-state index in [2.05, 4.69) is 11.4 Å². The number of piperazine rings is 1. The Bertz CT molecular complexity index is 1010. The van der Waals surface area contributed by atoms with E-state index in [0.29, 0.717) is 56.8 Å². The number of hydrogen-bond acceptors (Lipinski definition) is 5. The number of ether oxygens (including phenoxy) is 1. The number of nitrogens with zero attached hydrogens (tertiary/aromatic N) is 2. The van der Waals surface area contributed by atoms with Crippen LogP contribution in [0.1, 0.15) is 61.1 Å². The molecule has 1 amide bonds. The highest BCUT2D eigenvalue weighted by Gasteiger charge is 2.42. The molecule has 1 saturated heterocycles. The van der Waals surface area contributed by atoms with Crippen molar-refractivity contribution >= 4 is 6.09 Å². The van der Waals surface area contributed by atoms with Gasteiger partial charge in [0.1, 0.15) is 18.4 Å². The van der Waals surface area contributed by atoms with Gasteiger partial charge in [-0.1, -0.05) is 55.7 Å². The van der Waals surface area contributed by atoms with Crippen LogP contribution >= 0.6 is 0 Å². The largest absolute Gasteiger partial charge is 0.488 e. The highest BCUT2D eigenvalue weighted by molar-refractivity contribution is 5.65. The Balaban J connectivity index is 1.61. The van der Waals surface area contributed by atoms with Crippen LogP contribution in [0, 0.1) is 11.3 Å². The van der Waals surface area contributed by atoms with Crippen molar-refractivity contribution < 1.29 is 19.7 Å². The third-order valence-corrected chi connectivity index (χ3v) is 7.24. The minimum absolute atomic E-state index is 0.234. The van der Waals surface area contributed by atoms with Crippen molar-refractivity contribution in [1.29, 1.82) is 5.26 Å². The van der Waals surface area contributed by atoms with Gasteiger partial charge in [0.25, 0.3) is 0 Å². The lowest BCUT2D eigenvalue weighted by Crippen LogP contribution is -2.55. The molecule has 1 saturated carbocycles. The van der Waals surface area contributed by atoms with E-state index in [-0.39, 0.29) is 12.0 Å². The highest BCUT2D eigenvalue weighted by Crippen LogP contribution is 2.44. The molecule has 1 aliphatic carbocycles. The van der Waals surface area contributed by atoms with Crippen LogP contribution in [0.25, 0.3) is 0 Å². The summed E-state index contributed by atoms with van der Waals surface area (Å²) in [5, 5.41) is 34.6. The second-order valence-corrected chi connectivity index (χ2v) is 9.43. The molecule has 0 aromatic heterocycles. The lowest BCUT2D eigenvalue weighted by Gasteiger charge is -2.43. The van der Waals surface area contributed by atoms with Crippen LogP contribution < -0.4 is 10.1 Å². The molecule has 1 heterocycles. The van der Waals surface area contributed by atoms with Crippen molar-refractivity contribution in [3.8, 4) is 11.8 Å². The van der Waals surface area contributed by atoms with E-state index in [0.717, 1.165) is 30.4 Å². The number of benzene rings is 2. The Hall–Kier alpha value is -3.08. The van der Waals surface area contributed by atoms with Crippen molar-refractivity contribution in [2.24, 2.45) is 0 Å². The normalized spacial score (nSPS) is 20.8. The molecular formula is C27H33N3O4. The predicted molar refractivity (Wildman–Crippen MR) is 129 cm³/mol. The van der Waals surface area contributed by atoms with Crippen LogP contribution in [0.2, 0.25) is 0 Å². The van der Waals surface area contributed by atoms with Crippen LogP contribution in [0.15, 0.2) is 48.5 Å². The van der Waals surface area contributed by atoms with Crippen molar-refractivity contribution in [2.75, 3.05) is 19.6 Å². The van der Waals surface area contributed by atoms with Gasteiger partial charge in [0.15, 0.2) is 0 Å². The first-order valence-electron chi connectivity index (χ1n) is 12.1. The number of nitrogens with one attached hydrogen (secondary N) is 1. The van der Waals surface area contributed by atoms with Gasteiger partial charge in [0.2, 0.25) is 0 Å². The van der Waals surface area contributed by atoms with Crippen LogP contribution in [0.3, 0.4) is 0 Å². The molecule has 2 aliphatic rings. The first kappa shape index (κ1) is 24.1. The quantitative estimate of drug-likeness (QED) is 0.567. The first-order valence-corrected chi connectivity index (χ1v) is 12.1. The molecule has 0 radical (unpaired) electrons. The van der Waals surface area contributed by atoms with Gasteiger partial charge in [-0.2, -0.15) is 5.26 Å². The lowest BCUT2D eigenvalue weighted by atomic mass is 9.70. The second kappa shape index (κ2) is 10.9. The second-order valence-electron chi connectivity index (χ2n) is 9.43. The third kappa shape index (κ3) is 5.52. The first-order chi connectivity index (χ1) is 16.5. The Morgan fingerprint density at radius 3 is 2.68 bits per heavy atom. The summed E-state index contributed by atoms with van der Waals surface area (Å²) in [7, 11) is 0. The summed E-state index contributed by atoms with van der Waals surface area (Å²) >= 11 is 0. The molecule has 2 aromatic carbocycles. The van der Waals surface area contributed by atoms with Gasteiger partial charge < -0.3 is 25.2 Å². The Labute approximate surface area is 201 Å². The Morgan fingerprint density at radius 2 is 1.97 bits per heavy atom. The summed E-state index contributed by atoms with van der Waals surface area (Å²) < 4.78 is 5.94. The molecule has 4 rings (SSSR count). The average Bonchev–Trinajstić information content (AvgIpc) is 2.87. The van der Waals surface area contributed by atoms with E-state index in [1.165, 1.54) is 4.90 Å². The number of aliphatic hydroxyl groups is 1. The van der Waals surface area contributed by atoms with Gasteiger partial charge >= 0.3 is 6.09 Å². The Kier molecular flexibility index (Phi) is 7.71. The minimum atomic E-state index is -0.928. The molecule has 180 valence electrons. The fourth-order valence-electron chi connectivity index (χ4n) is 5.39. The number of amides is 1. The highest BCUT2D eigenvalue weighted by atomic mass is 16.5. The molecule has 0 bridgehead atoms. The monoisotopic (exact) mass is 463 g/mol. The molecule has 0 spiro atoms. The SMILES string of the molecule is N#Cc1cc(C(CC2CNCCN2C(=O)O)C2(O)CCCCC2)ccc1OCc1ccccc1. The maximum Gasteiger partial charge on any atom is 0.407 e. The van der Waals surface area contributed by atoms with Gasteiger partial charge in [0.05, 0.1) is 11.2 Å². The van der Waals surface area contributed by atoms with E-state index in [1.54, 1.807) is 0 Å². The molecule has 7 nitrogen and oxygen atoms in total. The lowest BCUT2D eigenvalue weighted by molar-refractivity contribution is -0.0317. The zero-order valence-electron chi connectivity index (χ0n) is 19.4. The zero-order valence-corrected chi connectivity index (χ0v) is 19.4. The van der Waals surface area contributed by atoms with Gasteiger partial charge in [-0.25, -0.2) is 4.79 Å². The van der Waals surface area contributed by atoms with Crippen LogP contribution in [-0.4, -0.2) is 52.5 Å². The van der Waals surface area contributed by atoms with Gasteiger partial charge in [0, 0.05) is 31.6 Å². The molecule has 34 heavy (non-hydrogen) atoms. The molecular weight excluding hydrogens is 430 g/mol. The van der Waals surface area contributed by atoms with E-state index < -0.39 is 11.7 Å². The summed E-state index contributed by atoms with van der Waals surface area (Å²) in [6.45, 7) is 1.98. The standard InChI is InChI=1S/C27H33N3O4/c28-17-22-15-21(9-10-25(22)34-19-20-7-3-1-4-8-20)24(27(33)11-5-2-6-12-27)16-23-18-29-13-14-30(23)26(31)32/h1,3-4,7-10,15,23-24,29,33H,2,5-6,11-14,16,18-19H2,(H,31,32). The summed E-state index contributed by atoms with van der Waals surface area (Å²) in [5.41, 5.74) is 1.39. The maximum absolute atomic E-state index is 11.8. The van der Waals surface area contributed by atoms with E-state index in [4.69, 9.17) is 4.74 Å². The fraction of sp³-hybridized carbons (Fsp3) is 0.481. The third-order valence-electron chi connectivity index (χ3n) is 7.24. The molecule has 2 atom stereocenters. The predicted octanol–water partition coefficient (Wildman–Crippen LogP) is 4.26. The summed E-state index contributed by atoms with van der Waals surface area (Å²) in [5.74, 6) is 0.241. The maximum atomic E-state index is 11.8. The van der Waals surface area contributed by atoms with E-state index >= 15 is 0 Å². The van der Waals surface area contributed by atoms with Crippen LogP contribution in [0.4, 0.5) is 4.79 Å². The summed E-state index contributed by atoms with van der Waals surface area (Å²) in [6, 6.07) is 17.4. The Morgan fingerprint density at radius 1 is 1.21 bits per heavy atom. The van der Waals surface area contributed by atoms with Crippen molar-refractivity contribution in [3.63, 3.8) is 0 Å². The molecule has 2 unspecified atom stereocenters. The molecule has 2 aromatic rings. The molecule has 1 aliphatic heterocycles. The van der Waals surface area contributed by atoms with E-state index in [1.807, 2.05) is 48.5 Å². The number of carboxylic acid groups (broad SMARTS) is 1. The number of rotatable bonds is 7. The van der Waals surface area contributed by atoms with Gasteiger partial charge in [-0.05, 0) is 42.5 Å². The number of carbonyl (C=O) groups is 1. The smallest absolute Gasteiger partial charge is 0.407 e.